The van der Waals surface area contributed by atoms with Crippen LogP contribution >= 0.6 is 11.6 Å². The van der Waals surface area contributed by atoms with E-state index in [1.54, 1.807) is 10.9 Å². The molecule has 0 fully saturated rings. The smallest absolute Gasteiger partial charge is 0.259 e. The van der Waals surface area contributed by atoms with Gasteiger partial charge in [0.05, 0.1) is 23.1 Å². The Balaban J connectivity index is 1.57. The minimum absolute atomic E-state index is 0.103. The zero-order valence-corrected chi connectivity index (χ0v) is 20.0. The van der Waals surface area contributed by atoms with Crippen LogP contribution in [-0.4, -0.2) is 25.2 Å². The lowest BCUT2D eigenvalue weighted by Gasteiger charge is -2.14. The standard InChI is InChI=1S/C26H28ClN5O/c1-17(2)24-23(15-29-32(24)22-10-8-20(27)9-11-22)26(33)30-21-7-5-6-19(14-21)16-31-13-12-28-25(31)18(3)4/h5-15,17-18H,16H2,1-4H3,(H,30,33). The van der Waals surface area contributed by atoms with E-state index < -0.39 is 0 Å². The van der Waals surface area contributed by atoms with Crippen molar-refractivity contribution in [2.45, 2.75) is 46.1 Å². The molecule has 0 saturated carbocycles. The maximum atomic E-state index is 13.2. The highest BCUT2D eigenvalue weighted by atomic mass is 35.5. The molecular formula is C26H28ClN5O. The van der Waals surface area contributed by atoms with Gasteiger partial charge in [-0.25, -0.2) is 9.67 Å². The SMILES string of the molecule is CC(C)c1nccn1Cc1cccc(NC(=O)c2cnn(-c3ccc(Cl)cc3)c2C(C)C)c1. The predicted molar refractivity (Wildman–Crippen MR) is 132 cm³/mol. The van der Waals surface area contributed by atoms with Crippen LogP contribution in [0.2, 0.25) is 5.02 Å². The quantitative estimate of drug-likeness (QED) is 0.352. The molecule has 0 aliphatic rings. The molecule has 2 aromatic carbocycles. The van der Waals surface area contributed by atoms with Gasteiger partial charge in [-0.2, -0.15) is 5.10 Å². The first-order valence-corrected chi connectivity index (χ1v) is 11.5. The van der Waals surface area contributed by atoms with Crippen LogP contribution in [0.3, 0.4) is 0 Å². The van der Waals surface area contributed by atoms with Crippen molar-refractivity contribution in [3.63, 3.8) is 0 Å². The molecular weight excluding hydrogens is 434 g/mol. The number of nitrogens with one attached hydrogen (secondary N) is 1. The maximum absolute atomic E-state index is 13.2. The number of amides is 1. The molecule has 0 aliphatic carbocycles. The third-order valence-electron chi connectivity index (χ3n) is 5.47. The molecule has 6 nitrogen and oxygen atoms in total. The fourth-order valence-corrected chi connectivity index (χ4v) is 4.10. The summed E-state index contributed by atoms with van der Waals surface area (Å²) in [5.41, 5.74) is 4.12. The van der Waals surface area contributed by atoms with Gasteiger partial charge in [0.25, 0.3) is 5.91 Å². The average molecular weight is 462 g/mol. The molecule has 0 bridgehead atoms. The third kappa shape index (κ3) is 5.01. The lowest BCUT2D eigenvalue weighted by molar-refractivity contribution is 0.102. The summed E-state index contributed by atoms with van der Waals surface area (Å²) in [6, 6.07) is 15.3. The molecule has 2 aromatic heterocycles. The average Bonchev–Trinajstić information content (AvgIpc) is 3.42. The van der Waals surface area contributed by atoms with Crippen molar-refractivity contribution in [1.29, 1.82) is 0 Å². The van der Waals surface area contributed by atoms with Gasteiger partial charge in [-0.3, -0.25) is 4.79 Å². The number of carbonyl (C=O) groups is 1. The molecule has 2 heterocycles. The number of imidazole rings is 1. The molecule has 4 rings (SSSR count). The molecule has 0 atom stereocenters. The minimum Gasteiger partial charge on any atom is -0.330 e. The van der Waals surface area contributed by atoms with Crippen molar-refractivity contribution in [1.82, 2.24) is 19.3 Å². The van der Waals surface area contributed by atoms with E-state index in [9.17, 15) is 4.79 Å². The number of anilines is 1. The maximum Gasteiger partial charge on any atom is 0.259 e. The van der Waals surface area contributed by atoms with E-state index in [1.165, 1.54) is 0 Å². The second-order valence-corrected chi connectivity index (χ2v) is 9.15. The third-order valence-corrected chi connectivity index (χ3v) is 5.72. The normalized spacial score (nSPS) is 11.4. The Bertz CT molecular complexity index is 1250. The van der Waals surface area contributed by atoms with Crippen molar-refractivity contribution in [2.75, 3.05) is 5.32 Å². The highest BCUT2D eigenvalue weighted by molar-refractivity contribution is 6.30. The summed E-state index contributed by atoms with van der Waals surface area (Å²) in [5, 5.41) is 8.20. The Morgan fingerprint density at radius 2 is 1.82 bits per heavy atom. The zero-order valence-electron chi connectivity index (χ0n) is 19.3. The summed E-state index contributed by atoms with van der Waals surface area (Å²) < 4.78 is 3.94. The summed E-state index contributed by atoms with van der Waals surface area (Å²) in [7, 11) is 0. The van der Waals surface area contributed by atoms with E-state index in [0.29, 0.717) is 23.0 Å². The summed E-state index contributed by atoms with van der Waals surface area (Å²) >= 11 is 6.03. The first-order valence-electron chi connectivity index (χ1n) is 11.1. The van der Waals surface area contributed by atoms with E-state index >= 15 is 0 Å². The van der Waals surface area contributed by atoms with Crippen molar-refractivity contribution >= 4 is 23.2 Å². The van der Waals surface area contributed by atoms with Crippen LogP contribution in [-0.2, 0) is 6.54 Å². The number of carbonyl (C=O) groups excluding carboxylic acids is 1. The van der Waals surface area contributed by atoms with Crippen LogP contribution in [0.1, 0.15) is 67.0 Å². The summed E-state index contributed by atoms with van der Waals surface area (Å²) in [4.78, 5) is 17.7. The zero-order chi connectivity index (χ0) is 23.5. The van der Waals surface area contributed by atoms with Gasteiger partial charge in [0.15, 0.2) is 0 Å². The van der Waals surface area contributed by atoms with E-state index in [1.807, 2.05) is 54.9 Å². The Hall–Kier alpha value is -3.38. The second-order valence-electron chi connectivity index (χ2n) is 8.71. The monoisotopic (exact) mass is 461 g/mol. The Labute approximate surface area is 199 Å². The summed E-state index contributed by atoms with van der Waals surface area (Å²) in [6.45, 7) is 9.07. The van der Waals surface area contributed by atoms with Crippen LogP contribution in [0.5, 0.6) is 0 Å². The number of rotatable bonds is 7. The van der Waals surface area contributed by atoms with Crippen LogP contribution in [0.4, 0.5) is 5.69 Å². The first kappa shape index (κ1) is 22.8. The van der Waals surface area contributed by atoms with Crippen LogP contribution in [0.15, 0.2) is 67.1 Å². The number of hydrogen-bond donors (Lipinski definition) is 1. The summed E-state index contributed by atoms with van der Waals surface area (Å²) in [6.07, 6.45) is 5.44. The molecule has 7 heteroatoms. The van der Waals surface area contributed by atoms with E-state index in [4.69, 9.17) is 11.6 Å². The van der Waals surface area contributed by atoms with Gasteiger partial charge in [-0.1, -0.05) is 51.4 Å². The number of aromatic nitrogens is 4. The van der Waals surface area contributed by atoms with Crippen LogP contribution < -0.4 is 5.32 Å². The number of benzene rings is 2. The van der Waals surface area contributed by atoms with E-state index in [0.717, 1.165) is 28.5 Å². The fourth-order valence-electron chi connectivity index (χ4n) is 3.97. The lowest BCUT2D eigenvalue weighted by Crippen LogP contribution is -2.15. The lowest BCUT2D eigenvalue weighted by atomic mass is 10.0. The molecule has 4 aromatic rings. The van der Waals surface area contributed by atoms with Crippen LogP contribution in [0.25, 0.3) is 5.69 Å². The Kier molecular flexibility index (Phi) is 6.65. The first-order chi connectivity index (χ1) is 15.8. The molecule has 0 radical (unpaired) electrons. The number of hydrogen-bond acceptors (Lipinski definition) is 3. The largest absolute Gasteiger partial charge is 0.330 e. The van der Waals surface area contributed by atoms with E-state index in [2.05, 4.69) is 53.7 Å². The Morgan fingerprint density at radius 1 is 1.06 bits per heavy atom. The van der Waals surface area contributed by atoms with E-state index in [-0.39, 0.29) is 11.8 Å². The highest BCUT2D eigenvalue weighted by Gasteiger charge is 2.21. The molecule has 0 aliphatic heterocycles. The Morgan fingerprint density at radius 3 is 2.52 bits per heavy atom. The predicted octanol–water partition coefficient (Wildman–Crippen LogP) is 6.27. The van der Waals surface area contributed by atoms with Gasteiger partial charge in [0.1, 0.15) is 5.82 Å². The van der Waals surface area contributed by atoms with Gasteiger partial charge >= 0.3 is 0 Å². The van der Waals surface area contributed by atoms with Gasteiger partial charge in [-0.15, -0.1) is 0 Å². The van der Waals surface area contributed by atoms with Crippen LogP contribution in [0, 0.1) is 0 Å². The molecule has 1 amide bonds. The van der Waals surface area contributed by atoms with Crippen molar-refractivity contribution in [3.8, 4) is 5.69 Å². The molecule has 170 valence electrons. The summed E-state index contributed by atoms with van der Waals surface area (Å²) in [5.74, 6) is 1.31. The second kappa shape index (κ2) is 9.63. The van der Waals surface area contributed by atoms with Crippen molar-refractivity contribution in [2.24, 2.45) is 0 Å². The molecule has 0 spiro atoms. The molecule has 0 unspecified atom stereocenters. The van der Waals surface area contributed by atoms with Crippen molar-refractivity contribution in [3.05, 3.63) is 94.8 Å². The minimum atomic E-state index is -0.179. The van der Waals surface area contributed by atoms with Gasteiger partial charge in [-0.05, 0) is 47.9 Å². The topological polar surface area (TPSA) is 64.7 Å². The van der Waals surface area contributed by atoms with Gasteiger partial charge < -0.3 is 9.88 Å². The number of nitrogens with zero attached hydrogens (tertiary/aromatic N) is 4. The molecule has 1 N–H and O–H groups in total. The fraction of sp³-hybridized carbons (Fsp3) is 0.269. The number of halogens is 1. The molecule has 0 saturated heterocycles. The van der Waals surface area contributed by atoms with Gasteiger partial charge in [0.2, 0.25) is 0 Å². The highest BCUT2D eigenvalue weighted by Crippen LogP contribution is 2.25. The van der Waals surface area contributed by atoms with Gasteiger partial charge in [0, 0.05) is 35.6 Å². The molecule has 33 heavy (non-hydrogen) atoms. The van der Waals surface area contributed by atoms with Crippen molar-refractivity contribution < 1.29 is 4.79 Å².